The summed E-state index contributed by atoms with van der Waals surface area (Å²) in [5.74, 6) is 0. The van der Waals surface area contributed by atoms with Gasteiger partial charge in [0, 0.05) is 11.1 Å². The maximum absolute atomic E-state index is 3.99. The van der Waals surface area contributed by atoms with Crippen LogP contribution in [0.4, 0.5) is 11.4 Å². The van der Waals surface area contributed by atoms with Crippen LogP contribution in [-0.4, -0.2) is 12.1 Å². The lowest BCUT2D eigenvalue weighted by atomic mass is 9.89. The Bertz CT molecular complexity index is 1930. The van der Waals surface area contributed by atoms with E-state index in [0.29, 0.717) is 0 Å². The highest BCUT2D eigenvalue weighted by Crippen LogP contribution is 2.56. The average molecular weight is 731 g/mol. The van der Waals surface area contributed by atoms with Gasteiger partial charge >= 0.3 is 0 Å². The second-order valence-electron chi connectivity index (χ2n) is 13.4. The molecule has 0 N–H and O–H groups in total. The molecule has 2 atom stereocenters. The summed E-state index contributed by atoms with van der Waals surface area (Å²) in [7, 11) is 0. The number of hydrogen-bond donors (Lipinski definition) is 0. The molecule has 8 rings (SSSR count). The standard InChI is InChI=1S/C42H38Br2N2/c1-23-19-35-33(39-37(29-13-9-7-10-14-29)25(3)27(5)41(39)45(35)43)21-31(23)17-18-32-22-34-36(20-24(32)2)46(44)42-28(6)26(4)38(40(34)42)30-15-11-8-12-16-30/h7-16,19-22,41-42H,17-18H2,1-6H3. The quantitative estimate of drug-likeness (QED) is 0.189. The van der Waals surface area contributed by atoms with Gasteiger partial charge in [-0.2, -0.15) is 0 Å². The van der Waals surface area contributed by atoms with Gasteiger partial charge in [-0.25, -0.2) is 0 Å². The van der Waals surface area contributed by atoms with Gasteiger partial charge in [0.05, 0.1) is 55.8 Å². The summed E-state index contributed by atoms with van der Waals surface area (Å²) in [6, 6.07) is 32.1. The molecular formula is C42H38Br2N2. The molecule has 46 heavy (non-hydrogen) atoms. The molecule has 230 valence electrons. The van der Waals surface area contributed by atoms with Gasteiger partial charge in [-0.15, -0.1) is 0 Å². The van der Waals surface area contributed by atoms with Gasteiger partial charge in [0.15, 0.2) is 0 Å². The number of halogens is 2. The van der Waals surface area contributed by atoms with Crippen molar-refractivity contribution >= 4 is 66.0 Å². The van der Waals surface area contributed by atoms with Gasteiger partial charge in [0.2, 0.25) is 0 Å². The maximum atomic E-state index is 3.99. The van der Waals surface area contributed by atoms with Crippen molar-refractivity contribution in [2.75, 3.05) is 7.85 Å². The fourth-order valence-electron chi connectivity index (χ4n) is 8.35. The molecule has 0 bridgehead atoms. The second kappa shape index (κ2) is 11.0. The Morgan fingerprint density at radius 2 is 0.891 bits per heavy atom. The number of hydrogen-bond acceptors (Lipinski definition) is 2. The van der Waals surface area contributed by atoms with Crippen molar-refractivity contribution in [1.29, 1.82) is 0 Å². The minimum atomic E-state index is 0.234. The first kappa shape index (κ1) is 29.8. The van der Waals surface area contributed by atoms with E-state index in [4.69, 9.17) is 0 Å². The molecule has 2 aliphatic carbocycles. The molecule has 4 heteroatoms. The van der Waals surface area contributed by atoms with E-state index in [1.165, 1.54) is 100 Å². The van der Waals surface area contributed by atoms with E-state index in [9.17, 15) is 0 Å². The number of rotatable bonds is 5. The van der Waals surface area contributed by atoms with Gasteiger partial charge < -0.3 is 0 Å². The highest BCUT2D eigenvalue weighted by molar-refractivity contribution is 9.10. The molecule has 0 radical (unpaired) electrons. The minimum Gasteiger partial charge on any atom is -0.297 e. The SMILES string of the molecule is CC1=C(C)C2C(=C1c1ccccc1)c1cc(CCc3cc4c(cc3C)N(Br)C3C(C)=C(C)C(c5ccccc5)=C43)c(C)cc1N2Br. The minimum absolute atomic E-state index is 0.234. The van der Waals surface area contributed by atoms with Crippen molar-refractivity contribution < 1.29 is 0 Å². The van der Waals surface area contributed by atoms with Gasteiger partial charge in [-0.05, 0) is 157 Å². The molecule has 2 unspecified atom stereocenters. The predicted octanol–water partition coefficient (Wildman–Crippen LogP) is 11.6. The van der Waals surface area contributed by atoms with Crippen LogP contribution in [0, 0.1) is 13.8 Å². The molecule has 2 nitrogen and oxygen atoms in total. The van der Waals surface area contributed by atoms with Gasteiger partial charge in [-0.3, -0.25) is 7.85 Å². The van der Waals surface area contributed by atoms with E-state index in [1.54, 1.807) is 0 Å². The molecule has 4 aromatic carbocycles. The third-order valence-electron chi connectivity index (χ3n) is 11.0. The van der Waals surface area contributed by atoms with Crippen LogP contribution in [0.3, 0.4) is 0 Å². The number of anilines is 2. The molecule has 0 amide bonds. The smallest absolute Gasteiger partial charge is 0.0882 e. The number of benzene rings is 4. The summed E-state index contributed by atoms with van der Waals surface area (Å²) in [4.78, 5) is 0. The Balaban J connectivity index is 1.17. The Morgan fingerprint density at radius 1 is 0.522 bits per heavy atom. The van der Waals surface area contributed by atoms with Crippen molar-refractivity contribution in [3.63, 3.8) is 0 Å². The first-order chi connectivity index (χ1) is 22.2. The summed E-state index contributed by atoms with van der Waals surface area (Å²) in [5, 5.41) is 0. The molecule has 4 aliphatic rings. The van der Waals surface area contributed by atoms with E-state index in [-0.39, 0.29) is 12.1 Å². The average Bonchev–Trinajstić information content (AvgIpc) is 3.68. The molecule has 0 spiro atoms. The lowest BCUT2D eigenvalue weighted by molar-refractivity contribution is 0.938. The van der Waals surface area contributed by atoms with Crippen LogP contribution in [0.25, 0.3) is 22.3 Å². The fraction of sp³-hybridized carbons (Fsp3) is 0.238. The van der Waals surface area contributed by atoms with Crippen LogP contribution in [0.5, 0.6) is 0 Å². The monoisotopic (exact) mass is 728 g/mol. The van der Waals surface area contributed by atoms with E-state index in [2.05, 4.69) is 167 Å². The van der Waals surface area contributed by atoms with Crippen LogP contribution in [0.2, 0.25) is 0 Å². The molecule has 2 heterocycles. The van der Waals surface area contributed by atoms with Crippen molar-refractivity contribution in [3.05, 3.63) is 152 Å². The Labute approximate surface area is 290 Å². The lowest BCUT2D eigenvalue weighted by Crippen LogP contribution is -2.21. The molecule has 0 aromatic heterocycles. The van der Waals surface area contributed by atoms with Crippen LogP contribution >= 0.6 is 32.3 Å². The lowest BCUT2D eigenvalue weighted by Gasteiger charge is -2.20. The molecule has 0 saturated heterocycles. The highest BCUT2D eigenvalue weighted by atomic mass is 79.9. The number of fused-ring (bicyclic) bond motifs is 6. The summed E-state index contributed by atoms with van der Waals surface area (Å²) in [6.45, 7) is 13.7. The van der Waals surface area contributed by atoms with Crippen molar-refractivity contribution in [2.45, 2.75) is 66.5 Å². The zero-order chi connectivity index (χ0) is 32.0. The summed E-state index contributed by atoms with van der Waals surface area (Å²) < 4.78 is 4.63. The summed E-state index contributed by atoms with van der Waals surface area (Å²) >= 11 is 7.98. The van der Waals surface area contributed by atoms with Crippen molar-refractivity contribution in [1.82, 2.24) is 0 Å². The zero-order valence-electron chi connectivity index (χ0n) is 27.3. The molecule has 0 fully saturated rings. The molecule has 0 saturated carbocycles. The van der Waals surface area contributed by atoms with Gasteiger partial charge in [0.1, 0.15) is 0 Å². The van der Waals surface area contributed by atoms with E-state index in [1.807, 2.05) is 0 Å². The molecule has 4 aromatic rings. The Morgan fingerprint density at radius 3 is 1.26 bits per heavy atom. The second-order valence-corrected chi connectivity index (χ2v) is 15.0. The fourth-order valence-corrected chi connectivity index (χ4v) is 9.96. The maximum Gasteiger partial charge on any atom is 0.0882 e. The number of nitrogens with zero attached hydrogens (tertiary/aromatic N) is 2. The highest BCUT2D eigenvalue weighted by Gasteiger charge is 2.43. The Kier molecular flexibility index (Phi) is 7.12. The molecular weight excluding hydrogens is 692 g/mol. The normalized spacial score (nSPS) is 19.9. The van der Waals surface area contributed by atoms with E-state index < -0.39 is 0 Å². The topological polar surface area (TPSA) is 6.48 Å². The van der Waals surface area contributed by atoms with E-state index >= 15 is 0 Å². The van der Waals surface area contributed by atoms with Crippen molar-refractivity contribution in [2.24, 2.45) is 0 Å². The summed E-state index contributed by atoms with van der Waals surface area (Å²) in [6.07, 6.45) is 2.01. The Hall–Kier alpha value is -3.60. The zero-order valence-corrected chi connectivity index (χ0v) is 30.5. The third kappa shape index (κ3) is 4.26. The molecule has 2 aliphatic heterocycles. The first-order valence-corrected chi connectivity index (χ1v) is 17.7. The summed E-state index contributed by atoms with van der Waals surface area (Å²) in [5.41, 5.74) is 24.7. The van der Waals surface area contributed by atoms with Crippen molar-refractivity contribution in [3.8, 4) is 0 Å². The van der Waals surface area contributed by atoms with Gasteiger partial charge in [0.25, 0.3) is 0 Å². The number of allylic oxidation sites excluding steroid dienone is 4. The van der Waals surface area contributed by atoms with Crippen LogP contribution in [0.15, 0.2) is 107 Å². The van der Waals surface area contributed by atoms with E-state index in [0.717, 1.165) is 12.8 Å². The van der Waals surface area contributed by atoms with Crippen LogP contribution in [0.1, 0.15) is 72.2 Å². The predicted molar refractivity (Wildman–Crippen MR) is 203 cm³/mol. The number of aryl methyl sites for hydroxylation is 4. The van der Waals surface area contributed by atoms with Crippen LogP contribution in [-0.2, 0) is 12.8 Å². The first-order valence-electron chi connectivity index (χ1n) is 16.3. The third-order valence-corrected chi connectivity index (χ3v) is 12.6. The largest absolute Gasteiger partial charge is 0.297 e. The van der Waals surface area contributed by atoms with Gasteiger partial charge in [-0.1, -0.05) is 60.7 Å². The van der Waals surface area contributed by atoms with Crippen LogP contribution < -0.4 is 7.85 Å².